The maximum absolute atomic E-state index is 12.8. The Balaban J connectivity index is 1.58. The van der Waals surface area contributed by atoms with Crippen LogP contribution in [0.4, 0.5) is 11.4 Å². The normalized spacial score (nSPS) is 16.7. The molecule has 1 heterocycles. The number of thiocarbonyl (C=S) groups is 1. The van der Waals surface area contributed by atoms with Gasteiger partial charge in [-0.15, -0.1) is 0 Å². The number of hydrogen-bond acceptors (Lipinski definition) is 3. The molecule has 0 bridgehead atoms. The van der Waals surface area contributed by atoms with Gasteiger partial charge in [-0.25, -0.2) is 0 Å². The summed E-state index contributed by atoms with van der Waals surface area (Å²) in [5, 5.41) is 0.482. The van der Waals surface area contributed by atoms with Gasteiger partial charge in [0.05, 0.1) is 5.69 Å². The van der Waals surface area contributed by atoms with Crippen molar-refractivity contribution in [1.82, 2.24) is 0 Å². The number of ether oxygens (including phenoxy) is 1. The standard InChI is InChI=1S/C22H18N2O2S/c1-16-21(25)24(17-8-4-2-5-9-17)22(27)23(16)18-12-14-20(15-13-18)26-19-10-6-3-7-11-19/h2-16H,1H3/t16-/m1/s1. The lowest BCUT2D eigenvalue weighted by atomic mass is 10.2. The van der Waals surface area contributed by atoms with Crippen molar-refractivity contribution in [2.24, 2.45) is 0 Å². The molecule has 0 aliphatic carbocycles. The highest BCUT2D eigenvalue weighted by Crippen LogP contribution is 2.31. The number of anilines is 2. The van der Waals surface area contributed by atoms with E-state index in [1.54, 1.807) is 4.90 Å². The Bertz CT molecular complexity index is 959. The van der Waals surface area contributed by atoms with Crippen LogP contribution in [0, 0.1) is 0 Å². The minimum atomic E-state index is -0.362. The molecule has 0 aromatic heterocycles. The number of para-hydroxylation sites is 2. The van der Waals surface area contributed by atoms with Crippen LogP contribution in [-0.2, 0) is 4.79 Å². The smallest absolute Gasteiger partial charge is 0.256 e. The lowest BCUT2D eigenvalue weighted by Gasteiger charge is -2.22. The van der Waals surface area contributed by atoms with Crippen LogP contribution in [0.5, 0.6) is 11.5 Å². The summed E-state index contributed by atoms with van der Waals surface area (Å²) in [6.45, 7) is 1.87. The second-order valence-electron chi connectivity index (χ2n) is 6.25. The molecule has 0 N–H and O–H groups in total. The first-order valence-corrected chi connectivity index (χ1v) is 9.11. The van der Waals surface area contributed by atoms with E-state index in [-0.39, 0.29) is 11.9 Å². The summed E-state index contributed by atoms with van der Waals surface area (Å²) in [7, 11) is 0. The van der Waals surface area contributed by atoms with E-state index in [2.05, 4.69) is 0 Å². The van der Waals surface area contributed by atoms with Crippen molar-refractivity contribution in [3.8, 4) is 11.5 Å². The maximum atomic E-state index is 12.8. The fourth-order valence-corrected chi connectivity index (χ4v) is 3.57. The summed E-state index contributed by atoms with van der Waals surface area (Å²) in [4.78, 5) is 16.2. The fraction of sp³-hybridized carbons (Fsp3) is 0.0909. The van der Waals surface area contributed by atoms with E-state index in [0.717, 1.165) is 22.9 Å². The summed E-state index contributed by atoms with van der Waals surface area (Å²) in [6, 6.07) is 26.3. The first kappa shape index (κ1) is 17.2. The minimum Gasteiger partial charge on any atom is -0.457 e. The van der Waals surface area contributed by atoms with Gasteiger partial charge in [-0.2, -0.15) is 0 Å². The predicted molar refractivity (Wildman–Crippen MR) is 111 cm³/mol. The molecule has 0 spiro atoms. The van der Waals surface area contributed by atoms with Crippen LogP contribution in [0.15, 0.2) is 84.9 Å². The van der Waals surface area contributed by atoms with Gasteiger partial charge in [0.25, 0.3) is 5.91 Å². The van der Waals surface area contributed by atoms with Gasteiger partial charge in [-0.05, 0) is 67.7 Å². The Kier molecular flexibility index (Phi) is 4.60. The summed E-state index contributed by atoms with van der Waals surface area (Å²) in [6.07, 6.45) is 0. The molecule has 1 atom stereocenters. The molecule has 27 heavy (non-hydrogen) atoms. The highest BCUT2D eigenvalue weighted by Gasteiger charge is 2.41. The summed E-state index contributed by atoms with van der Waals surface area (Å²) >= 11 is 5.62. The second-order valence-corrected chi connectivity index (χ2v) is 6.61. The van der Waals surface area contributed by atoms with E-state index in [1.807, 2.05) is 96.8 Å². The molecular weight excluding hydrogens is 356 g/mol. The third-order valence-electron chi connectivity index (χ3n) is 4.47. The molecule has 5 heteroatoms. The average molecular weight is 374 g/mol. The predicted octanol–water partition coefficient (Wildman–Crippen LogP) is 5.01. The van der Waals surface area contributed by atoms with Gasteiger partial charge in [-0.3, -0.25) is 9.69 Å². The molecule has 4 rings (SSSR count). The molecule has 0 radical (unpaired) electrons. The summed E-state index contributed by atoms with van der Waals surface area (Å²) in [5.41, 5.74) is 1.64. The molecule has 0 saturated carbocycles. The summed E-state index contributed by atoms with van der Waals surface area (Å²) in [5.74, 6) is 1.48. The molecule has 3 aromatic rings. The van der Waals surface area contributed by atoms with Crippen LogP contribution in [0.2, 0.25) is 0 Å². The lowest BCUT2D eigenvalue weighted by molar-refractivity contribution is -0.117. The van der Waals surface area contributed by atoms with E-state index in [9.17, 15) is 4.79 Å². The number of nitrogens with zero attached hydrogens (tertiary/aromatic N) is 2. The molecule has 3 aromatic carbocycles. The largest absolute Gasteiger partial charge is 0.457 e. The molecular formula is C22H18N2O2S. The van der Waals surface area contributed by atoms with Crippen molar-refractivity contribution in [3.05, 3.63) is 84.9 Å². The van der Waals surface area contributed by atoms with Crippen LogP contribution in [0.25, 0.3) is 0 Å². The third-order valence-corrected chi connectivity index (χ3v) is 4.85. The molecule has 1 fully saturated rings. The quantitative estimate of drug-likeness (QED) is 0.601. The highest BCUT2D eigenvalue weighted by molar-refractivity contribution is 7.81. The summed E-state index contributed by atoms with van der Waals surface area (Å²) < 4.78 is 5.83. The van der Waals surface area contributed by atoms with Crippen molar-refractivity contribution in [2.45, 2.75) is 13.0 Å². The van der Waals surface area contributed by atoms with Crippen LogP contribution in [0.3, 0.4) is 0 Å². The number of carbonyl (C=O) groups excluding carboxylic acids is 1. The van der Waals surface area contributed by atoms with Crippen molar-refractivity contribution >= 4 is 34.6 Å². The average Bonchev–Trinajstić information content (AvgIpc) is 2.93. The van der Waals surface area contributed by atoms with Crippen molar-refractivity contribution in [3.63, 3.8) is 0 Å². The van der Waals surface area contributed by atoms with Gasteiger partial charge in [-0.1, -0.05) is 36.4 Å². The maximum Gasteiger partial charge on any atom is 0.256 e. The molecule has 1 saturated heterocycles. The van der Waals surface area contributed by atoms with Crippen LogP contribution in [0.1, 0.15) is 6.92 Å². The Labute approximate surface area is 163 Å². The zero-order chi connectivity index (χ0) is 18.8. The Morgan fingerprint density at radius 1 is 0.778 bits per heavy atom. The number of hydrogen-bond donors (Lipinski definition) is 0. The SMILES string of the molecule is C[C@@H]1C(=O)N(c2ccccc2)C(=S)N1c1ccc(Oc2ccccc2)cc1. The highest BCUT2D eigenvalue weighted by atomic mass is 32.1. The third kappa shape index (κ3) is 3.29. The number of amides is 1. The first-order chi connectivity index (χ1) is 13.1. The molecule has 1 aliphatic rings. The van der Waals surface area contributed by atoms with Crippen LogP contribution in [-0.4, -0.2) is 17.1 Å². The molecule has 134 valence electrons. The van der Waals surface area contributed by atoms with Crippen molar-refractivity contribution in [1.29, 1.82) is 0 Å². The first-order valence-electron chi connectivity index (χ1n) is 8.70. The van der Waals surface area contributed by atoms with Gasteiger partial charge in [0.15, 0.2) is 5.11 Å². The molecule has 0 unspecified atom stereocenters. The fourth-order valence-electron chi connectivity index (χ4n) is 3.11. The van der Waals surface area contributed by atoms with E-state index in [0.29, 0.717) is 5.11 Å². The van der Waals surface area contributed by atoms with Gasteiger partial charge < -0.3 is 9.64 Å². The van der Waals surface area contributed by atoms with Gasteiger partial charge in [0.1, 0.15) is 17.5 Å². The van der Waals surface area contributed by atoms with Gasteiger partial charge >= 0.3 is 0 Å². The Hall–Kier alpha value is -3.18. The number of benzene rings is 3. The van der Waals surface area contributed by atoms with Crippen molar-refractivity contribution < 1.29 is 9.53 Å². The second kappa shape index (κ2) is 7.21. The van der Waals surface area contributed by atoms with Gasteiger partial charge in [0, 0.05) is 5.69 Å². The van der Waals surface area contributed by atoms with E-state index in [4.69, 9.17) is 17.0 Å². The zero-order valence-corrected chi connectivity index (χ0v) is 15.6. The zero-order valence-electron chi connectivity index (χ0n) is 14.8. The van der Waals surface area contributed by atoms with Crippen LogP contribution < -0.4 is 14.5 Å². The minimum absolute atomic E-state index is 0.0317. The van der Waals surface area contributed by atoms with Crippen molar-refractivity contribution in [2.75, 3.05) is 9.80 Å². The molecule has 4 nitrogen and oxygen atoms in total. The monoisotopic (exact) mass is 374 g/mol. The number of rotatable bonds is 4. The molecule has 1 aliphatic heterocycles. The topological polar surface area (TPSA) is 32.8 Å². The van der Waals surface area contributed by atoms with Gasteiger partial charge in [0.2, 0.25) is 0 Å². The Morgan fingerprint density at radius 2 is 1.33 bits per heavy atom. The Morgan fingerprint density at radius 3 is 1.96 bits per heavy atom. The van der Waals surface area contributed by atoms with E-state index in [1.165, 1.54) is 0 Å². The molecule has 1 amide bonds. The van der Waals surface area contributed by atoms with E-state index < -0.39 is 0 Å². The number of carbonyl (C=O) groups is 1. The van der Waals surface area contributed by atoms with E-state index >= 15 is 0 Å². The lowest BCUT2D eigenvalue weighted by Crippen LogP contribution is -2.33. The van der Waals surface area contributed by atoms with Crippen LogP contribution >= 0.6 is 12.2 Å².